The summed E-state index contributed by atoms with van der Waals surface area (Å²) in [6, 6.07) is 6.03. The van der Waals surface area contributed by atoms with Crippen molar-refractivity contribution in [2.75, 3.05) is 26.5 Å². The summed E-state index contributed by atoms with van der Waals surface area (Å²) in [5.74, 6) is -3.05. The molecule has 0 aliphatic carbocycles. The van der Waals surface area contributed by atoms with Gasteiger partial charge in [-0.3, -0.25) is 14.5 Å². The van der Waals surface area contributed by atoms with Crippen LogP contribution in [0.1, 0.15) is 72.0 Å². The number of halogens is 7. The van der Waals surface area contributed by atoms with E-state index in [0.29, 0.717) is 36.1 Å². The van der Waals surface area contributed by atoms with Crippen molar-refractivity contribution in [3.63, 3.8) is 0 Å². The molecule has 0 bridgehead atoms. The average molecular weight is 697 g/mol. The molecule has 2 fully saturated rings. The number of amides is 1. The second-order valence-electron chi connectivity index (χ2n) is 11.9. The zero-order chi connectivity index (χ0) is 36.1. The fraction of sp³-hybridized carbons (Fsp3) is 0.531. The third-order valence-electron chi connectivity index (χ3n) is 8.94. The molecule has 47 heavy (non-hydrogen) atoms. The Bertz CT molecular complexity index is 1440. The molecule has 2 heterocycles. The summed E-state index contributed by atoms with van der Waals surface area (Å²) in [6.07, 6.45) is -7.39. The lowest BCUT2D eigenvalue weighted by Crippen LogP contribution is -2.49. The van der Waals surface area contributed by atoms with Gasteiger partial charge >= 0.3 is 30.4 Å². The highest BCUT2D eigenvalue weighted by molar-refractivity contribution is 6.15. The minimum Gasteiger partial charge on any atom is -0.481 e. The molecule has 0 spiro atoms. The number of rotatable bonds is 4. The highest BCUT2D eigenvalue weighted by Gasteiger charge is 2.42. The van der Waals surface area contributed by atoms with Gasteiger partial charge in [0.2, 0.25) is 0 Å². The molecule has 262 valence electrons. The third kappa shape index (κ3) is 9.53. The number of hydrogen-bond donors (Lipinski definition) is 3. The fourth-order valence-corrected chi connectivity index (χ4v) is 6.24. The number of aryl methyl sites for hydroxylation is 2. The van der Waals surface area contributed by atoms with E-state index < -0.39 is 64.9 Å². The summed E-state index contributed by atoms with van der Waals surface area (Å²) in [4.78, 5) is 36.9. The molecule has 0 aromatic heterocycles. The first-order valence-electron chi connectivity index (χ1n) is 14.6. The number of carboxylic acids is 2. The molecule has 4 atom stereocenters. The number of piperidine rings is 2. The van der Waals surface area contributed by atoms with Crippen LogP contribution in [-0.2, 0) is 27.5 Å². The molecule has 3 N–H and O–H groups in total. The van der Waals surface area contributed by atoms with Crippen LogP contribution in [0.3, 0.4) is 0 Å². The van der Waals surface area contributed by atoms with Gasteiger partial charge in [-0.15, -0.1) is 11.6 Å². The van der Waals surface area contributed by atoms with Crippen LogP contribution in [0.5, 0.6) is 0 Å². The van der Waals surface area contributed by atoms with E-state index in [1.165, 1.54) is 25.4 Å². The molecule has 15 heteroatoms. The highest BCUT2D eigenvalue weighted by atomic mass is 35.5. The Hall–Kier alpha value is -3.52. The number of benzene rings is 2. The molecule has 4 unspecified atom stereocenters. The summed E-state index contributed by atoms with van der Waals surface area (Å²) in [5, 5.41) is 27.7. The molecule has 2 aromatic rings. The van der Waals surface area contributed by atoms with E-state index in [1.807, 2.05) is 18.9 Å². The summed E-state index contributed by atoms with van der Waals surface area (Å²) >= 11 is 4.64. The monoisotopic (exact) mass is 696 g/mol. The van der Waals surface area contributed by atoms with Gasteiger partial charge in [-0.25, -0.2) is 4.79 Å². The van der Waals surface area contributed by atoms with Crippen LogP contribution < -0.4 is 0 Å². The van der Waals surface area contributed by atoms with Gasteiger partial charge in [0, 0.05) is 18.5 Å². The molecule has 2 aromatic carbocycles. The molecule has 4 rings (SSSR count). The van der Waals surface area contributed by atoms with Gasteiger partial charge in [0.15, 0.2) is 0 Å². The Kier molecular flexibility index (Phi) is 13.2. The van der Waals surface area contributed by atoms with Crippen molar-refractivity contribution < 1.29 is 56.0 Å². The Morgan fingerprint density at radius 1 is 0.809 bits per heavy atom. The smallest absolute Gasteiger partial charge is 0.416 e. The Labute approximate surface area is 273 Å². The second kappa shape index (κ2) is 15.6. The number of carbonyl (C=O) groups is 3. The van der Waals surface area contributed by atoms with Gasteiger partial charge in [-0.1, -0.05) is 12.1 Å². The highest BCUT2D eigenvalue weighted by Crippen LogP contribution is 2.42. The van der Waals surface area contributed by atoms with Crippen molar-refractivity contribution in [1.29, 1.82) is 0 Å². The van der Waals surface area contributed by atoms with Gasteiger partial charge < -0.3 is 20.2 Å². The summed E-state index contributed by atoms with van der Waals surface area (Å²) < 4.78 is 76.6. The largest absolute Gasteiger partial charge is 0.481 e. The van der Waals surface area contributed by atoms with E-state index in [0.717, 1.165) is 34.7 Å². The van der Waals surface area contributed by atoms with Crippen molar-refractivity contribution >= 4 is 29.6 Å². The van der Waals surface area contributed by atoms with Crippen molar-refractivity contribution in [1.82, 2.24) is 9.80 Å². The first-order chi connectivity index (χ1) is 21.7. The lowest BCUT2D eigenvalue weighted by Gasteiger charge is -2.46. The van der Waals surface area contributed by atoms with Crippen LogP contribution in [0, 0.1) is 25.7 Å². The average Bonchev–Trinajstić information content (AvgIpc) is 2.98. The zero-order valence-corrected chi connectivity index (χ0v) is 27.3. The van der Waals surface area contributed by atoms with Crippen LogP contribution in [0.15, 0.2) is 36.4 Å². The summed E-state index contributed by atoms with van der Waals surface area (Å²) in [7, 11) is 1.88. The van der Waals surface area contributed by atoms with Crippen LogP contribution >= 0.6 is 11.6 Å². The van der Waals surface area contributed by atoms with Crippen LogP contribution in [0.25, 0.3) is 0 Å². The van der Waals surface area contributed by atoms with Gasteiger partial charge in [-0.05, 0) is 107 Å². The summed E-state index contributed by atoms with van der Waals surface area (Å²) in [5.41, 5.74) is -0.0651. The normalized spacial score (nSPS) is 23.5. The molecule has 8 nitrogen and oxygen atoms in total. The predicted octanol–water partition coefficient (Wildman–Crippen LogP) is 8.04. The van der Waals surface area contributed by atoms with Gasteiger partial charge in [0.1, 0.15) is 0 Å². The van der Waals surface area contributed by atoms with Crippen LogP contribution in [0.4, 0.5) is 31.1 Å². The van der Waals surface area contributed by atoms with E-state index in [1.54, 1.807) is 6.92 Å². The van der Waals surface area contributed by atoms with E-state index in [-0.39, 0.29) is 19.4 Å². The fourth-order valence-electron chi connectivity index (χ4n) is 6.24. The molecule has 1 amide bonds. The number of nitrogens with zero attached hydrogens (tertiary/aromatic N) is 2. The quantitative estimate of drug-likeness (QED) is 0.219. The van der Waals surface area contributed by atoms with Crippen molar-refractivity contribution in [3.8, 4) is 0 Å². The van der Waals surface area contributed by atoms with Crippen molar-refractivity contribution in [3.05, 3.63) is 69.8 Å². The Morgan fingerprint density at radius 2 is 1.30 bits per heavy atom. The second-order valence-corrected chi connectivity index (χ2v) is 11.9. The van der Waals surface area contributed by atoms with E-state index >= 15 is 0 Å². The first kappa shape index (κ1) is 39.7. The molecule has 2 aliphatic rings. The third-order valence-corrected chi connectivity index (χ3v) is 8.94. The number of likely N-dealkylation sites (tertiary alicyclic amines) is 2. The van der Waals surface area contributed by atoms with Gasteiger partial charge in [0.25, 0.3) is 0 Å². The minimum absolute atomic E-state index is 0.0391. The molecule has 2 aliphatic heterocycles. The number of aliphatic carboxylic acids is 2. The predicted molar refractivity (Wildman–Crippen MR) is 162 cm³/mol. The first-order valence-corrected chi connectivity index (χ1v) is 15.3. The number of carboxylic acid groups (broad SMARTS) is 3. The molecule has 0 radical (unpaired) electrons. The lowest BCUT2D eigenvalue weighted by atomic mass is 9.75. The van der Waals surface area contributed by atoms with Gasteiger partial charge in [-0.2, -0.15) is 26.3 Å². The van der Waals surface area contributed by atoms with E-state index in [2.05, 4.69) is 11.6 Å². The zero-order valence-electron chi connectivity index (χ0n) is 26.5. The Morgan fingerprint density at radius 3 is 1.74 bits per heavy atom. The maximum absolute atomic E-state index is 12.8. The maximum atomic E-state index is 12.8. The summed E-state index contributed by atoms with van der Waals surface area (Å²) in [6.45, 7) is 5.66. The number of hydrogen-bond acceptors (Lipinski definition) is 4. The number of alkyl halides is 7. The van der Waals surface area contributed by atoms with Gasteiger partial charge in [0.05, 0.1) is 29.0 Å². The molecule has 0 saturated carbocycles. The molecular formula is C32H39ClF6N2O6. The minimum atomic E-state index is -4.48. The van der Waals surface area contributed by atoms with Crippen molar-refractivity contribution in [2.45, 2.75) is 70.4 Å². The van der Waals surface area contributed by atoms with Crippen LogP contribution in [-0.4, -0.2) is 69.7 Å². The lowest BCUT2D eigenvalue weighted by molar-refractivity contribution is -0.146. The Balaban J connectivity index is 0.000000311. The standard InChI is InChI=1S/C16H20F3NO2.C15H16F3NO4.CH3Cl/c1-10-8-12(16(17,18)19)4-5-13(10)15(2)9-11(14(21)22)6-7-20(15)3;1-8-6-10(15(16,17)18)2-3-11(8)12-7-9(13(20)21)4-5-19(12)14(22)23;1-2/h4-5,8,11H,6-7,9H2,1-3H3,(H,21,22);2-3,6,9,12H,4-5,7H2,1H3,(H,20,21)(H,22,23);1H3. The van der Waals surface area contributed by atoms with Crippen molar-refractivity contribution in [2.24, 2.45) is 11.8 Å². The van der Waals surface area contributed by atoms with E-state index in [4.69, 9.17) is 5.11 Å². The topological polar surface area (TPSA) is 118 Å². The molecular weight excluding hydrogens is 658 g/mol. The molecule has 2 saturated heterocycles. The SMILES string of the molecule is CCl.Cc1cc(C(F)(F)F)ccc1C1(C)CC(C(=O)O)CCN1C.Cc1cc(C(F)(F)F)ccc1C1CC(C(=O)O)CCN1C(=O)O. The van der Waals surface area contributed by atoms with E-state index in [9.17, 15) is 50.9 Å². The maximum Gasteiger partial charge on any atom is 0.416 e. The van der Waals surface area contributed by atoms with Crippen LogP contribution in [0.2, 0.25) is 0 Å².